The van der Waals surface area contributed by atoms with E-state index < -0.39 is 0 Å². The third kappa shape index (κ3) is 2.00. The van der Waals surface area contributed by atoms with Crippen LogP contribution in [0.25, 0.3) is 0 Å². The predicted octanol–water partition coefficient (Wildman–Crippen LogP) is 0.931. The summed E-state index contributed by atoms with van der Waals surface area (Å²) in [7, 11) is 2.25. The van der Waals surface area contributed by atoms with Crippen LogP contribution in [0.15, 0.2) is 0 Å². The Morgan fingerprint density at radius 2 is 2.35 bits per heavy atom. The van der Waals surface area contributed by atoms with Gasteiger partial charge in [0.15, 0.2) is 0 Å². The zero-order valence-corrected chi connectivity index (χ0v) is 10.9. The van der Waals surface area contributed by atoms with Gasteiger partial charge in [-0.25, -0.2) is 4.98 Å². The summed E-state index contributed by atoms with van der Waals surface area (Å²) in [6.45, 7) is 6.57. The summed E-state index contributed by atoms with van der Waals surface area (Å²) in [6, 6.07) is 0.710. The first-order valence-corrected chi connectivity index (χ1v) is 6.71. The number of rotatable bonds is 2. The number of likely N-dealkylation sites (N-methyl/N-ethyl adjacent to an activating group) is 1. The van der Waals surface area contributed by atoms with Crippen molar-refractivity contribution in [2.24, 2.45) is 0 Å². The normalized spacial score (nSPS) is 25.2. The highest BCUT2D eigenvalue weighted by molar-refractivity contribution is 5.20. The molecule has 3 rings (SSSR count). The van der Waals surface area contributed by atoms with Crippen molar-refractivity contribution in [1.29, 1.82) is 0 Å². The van der Waals surface area contributed by atoms with Gasteiger partial charge < -0.3 is 14.8 Å². The fourth-order valence-corrected chi connectivity index (χ4v) is 3.17. The third-order valence-electron chi connectivity index (χ3n) is 4.24. The number of nitrogens with zero attached hydrogens (tertiary/aromatic N) is 3. The Labute approximate surface area is 103 Å². The van der Waals surface area contributed by atoms with Crippen molar-refractivity contribution in [3.63, 3.8) is 0 Å². The van der Waals surface area contributed by atoms with Gasteiger partial charge in [-0.2, -0.15) is 0 Å². The Kier molecular flexibility index (Phi) is 2.92. The fraction of sp³-hybridized carbons (Fsp3) is 0.769. The quantitative estimate of drug-likeness (QED) is 0.826. The SMILES string of the molecule is Cc1nc2c(n1CC1CCCN1C)CCNC2. The van der Waals surface area contributed by atoms with Gasteiger partial charge in [0, 0.05) is 37.8 Å². The molecule has 0 aliphatic carbocycles. The first-order valence-electron chi connectivity index (χ1n) is 6.71. The van der Waals surface area contributed by atoms with Gasteiger partial charge in [-0.15, -0.1) is 0 Å². The maximum absolute atomic E-state index is 4.70. The van der Waals surface area contributed by atoms with E-state index in [2.05, 4.69) is 28.8 Å². The topological polar surface area (TPSA) is 33.1 Å². The standard InChI is InChI=1S/C13H22N4/c1-10-15-12-8-14-6-5-13(12)17(10)9-11-4-3-7-16(11)2/h11,14H,3-9H2,1-2H3. The van der Waals surface area contributed by atoms with Crippen LogP contribution in [0.2, 0.25) is 0 Å². The van der Waals surface area contributed by atoms with Crippen molar-refractivity contribution >= 4 is 0 Å². The number of hydrogen-bond donors (Lipinski definition) is 1. The molecule has 4 nitrogen and oxygen atoms in total. The molecular formula is C13H22N4. The number of nitrogens with one attached hydrogen (secondary N) is 1. The largest absolute Gasteiger partial charge is 0.330 e. The highest BCUT2D eigenvalue weighted by atomic mass is 15.2. The van der Waals surface area contributed by atoms with Crippen LogP contribution in [0.5, 0.6) is 0 Å². The molecule has 0 bridgehead atoms. The molecular weight excluding hydrogens is 212 g/mol. The molecule has 3 heterocycles. The van der Waals surface area contributed by atoms with Crippen LogP contribution in [0, 0.1) is 6.92 Å². The summed E-state index contributed by atoms with van der Waals surface area (Å²) < 4.78 is 2.46. The summed E-state index contributed by atoms with van der Waals surface area (Å²) in [5, 5.41) is 3.40. The summed E-state index contributed by atoms with van der Waals surface area (Å²) in [5.74, 6) is 1.19. The Hall–Kier alpha value is -0.870. The third-order valence-corrected chi connectivity index (χ3v) is 4.24. The molecule has 1 saturated heterocycles. The number of aryl methyl sites for hydroxylation is 1. The van der Waals surface area contributed by atoms with Crippen LogP contribution in [-0.4, -0.2) is 40.6 Å². The van der Waals surface area contributed by atoms with Gasteiger partial charge in [-0.3, -0.25) is 0 Å². The zero-order valence-electron chi connectivity index (χ0n) is 10.9. The van der Waals surface area contributed by atoms with E-state index in [1.807, 2.05) is 0 Å². The van der Waals surface area contributed by atoms with E-state index in [0.29, 0.717) is 6.04 Å². The van der Waals surface area contributed by atoms with Gasteiger partial charge in [-0.05, 0) is 33.4 Å². The molecule has 0 amide bonds. The van der Waals surface area contributed by atoms with Crippen LogP contribution in [0.4, 0.5) is 0 Å². The smallest absolute Gasteiger partial charge is 0.106 e. The number of imidazole rings is 1. The molecule has 1 aromatic heterocycles. The Bertz CT molecular complexity index is 410. The van der Waals surface area contributed by atoms with Gasteiger partial charge in [-0.1, -0.05) is 0 Å². The van der Waals surface area contributed by atoms with Gasteiger partial charge in [0.05, 0.1) is 5.69 Å². The first kappa shape index (κ1) is 11.2. The molecule has 1 fully saturated rings. The minimum absolute atomic E-state index is 0.710. The van der Waals surface area contributed by atoms with Gasteiger partial charge in [0.2, 0.25) is 0 Å². The van der Waals surface area contributed by atoms with Crippen molar-refractivity contribution in [2.75, 3.05) is 20.1 Å². The molecule has 0 saturated carbocycles. The van der Waals surface area contributed by atoms with Crippen LogP contribution in [0.1, 0.15) is 30.1 Å². The van der Waals surface area contributed by atoms with Crippen molar-refractivity contribution < 1.29 is 0 Å². The molecule has 94 valence electrons. The van der Waals surface area contributed by atoms with Gasteiger partial charge in [0.1, 0.15) is 5.82 Å². The van der Waals surface area contributed by atoms with Crippen molar-refractivity contribution in [1.82, 2.24) is 19.8 Å². The van der Waals surface area contributed by atoms with E-state index in [1.165, 1.54) is 36.6 Å². The Balaban J connectivity index is 1.84. The maximum Gasteiger partial charge on any atom is 0.106 e. The molecule has 0 spiro atoms. The summed E-state index contributed by atoms with van der Waals surface area (Å²) in [6.07, 6.45) is 3.81. The molecule has 1 N–H and O–H groups in total. The average molecular weight is 234 g/mol. The van der Waals surface area contributed by atoms with Crippen LogP contribution in [-0.2, 0) is 19.5 Å². The summed E-state index contributed by atoms with van der Waals surface area (Å²) in [4.78, 5) is 7.19. The number of likely N-dealkylation sites (tertiary alicyclic amines) is 1. The van der Waals surface area contributed by atoms with E-state index in [1.54, 1.807) is 0 Å². The van der Waals surface area contributed by atoms with E-state index in [0.717, 1.165) is 26.1 Å². The van der Waals surface area contributed by atoms with Crippen molar-refractivity contribution in [3.05, 3.63) is 17.2 Å². The highest BCUT2D eigenvalue weighted by Gasteiger charge is 2.24. The number of aromatic nitrogens is 2. The number of fused-ring (bicyclic) bond motifs is 1. The minimum Gasteiger partial charge on any atom is -0.330 e. The van der Waals surface area contributed by atoms with E-state index in [4.69, 9.17) is 4.98 Å². The predicted molar refractivity (Wildman–Crippen MR) is 68.0 cm³/mol. The molecule has 0 aromatic carbocycles. The lowest BCUT2D eigenvalue weighted by Crippen LogP contribution is -2.31. The molecule has 17 heavy (non-hydrogen) atoms. The minimum atomic E-state index is 0.710. The molecule has 0 radical (unpaired) electrons. The second-order valence-electron chi connectivity index (χ2n) is 5.37. The van der Waals surface area contributed by atoms with Gasteiger partial charge in [0.25, 0.3) is 0 Å². The highest BCUT2D eigenvalue weighted by Crippen LogP contribution is 2.21. The fourth-order valence-electron chi connectivity index (χ4n) is 3.17. The van der Waals surface area contributed by atoms with Crippen LogP contribution in [0.3, 0.4) is 0 Å². The van der Waals surface area contributed by atoms with Crippen molar-refractivity contribution in [3.8, 4) is 0 Å². The molecule has 1 unspecified atom stereocenters. The lowest BCUT2D eigenvalue weighted by molar-refractivity contribution is 0.278. The average Bonchev–Trinajstić information content (AvgIpc) is 2.85. The lowest BCUT2D eigenvalue weighted by atomic mass is 10.1. The van der Waals surface area contributed by atoms with E-state index >= 15 is 0 Å². The number of hydrogen-bond acceptors (Lipinski definition) is 3. The second kappa shape index (κ2) is 4.42. The summed E-state index contributed by atoms with van der Waals surface area (Å²) >= 11 is 0. The molecule has 2 aliphatic heterocycles. The molecule has 2 aliphatic rings. The molecule has 4 heteroatoms. The van der Waals surface area contributed by atoms with Crippen molar-refractivity contribution in [2.45, 2.75) is 45.3 Å². The van der Waals surface area contributed by atoms with E-state index in [9.17, 15) is 0 Å². The maximum atomic E-state index is 4.70. The Morgan fingerprint density at radius 3 is 3.12 bits per heavy atom. The summed E-state index contributed by atoms with van der Waals surface area (Å²) in [5.41, 5.74) is 2.75. The molecule has 1 atom stereocenters. The van der Waals surface area contributed by atoms with Gasteiger partial charge >= 0.3 is 0 Å². The zero-order chi connectivity index (χ0) is 11.8. The second-order valence-corrected chi connectivity index (χ2v) is 5.37. The Morgan fingerprint density at radius 1 is 1.47 bits per heavy atom. The molecule has 1 aromatic rings. The first-order chi connectivity index (χ1) is 8.25. The lowest BCUT2D eigenvalue weighted by Gasteiger charge is -2.23. The monoisotopic (exact) mass is 234 g/mol. The van der Waals surface area contributed by atoms with E-state index in [-0.39, 0.29) is 0 Å². The van der Waals surface area contributed by atoms with Crippen LogP contribution >= 0.6 is 0 Å². The van der Waals surface area contributed by atoms with Crippen LogP contribution < -0.4 is 5.32 Å².